The van der Waals surface area contributed by atoms with Crippen molar-refractivity contribution in [2.45, 2.75) is 0 Å². The van der Waals surface area contributed by atoms with E-state index in [1.807, 2.05) is 0 Å². The van der Waals surface area contributed by atoms with Crippen LogP contribution < -0.4 is 18.9 Å². The maximum atomic E-state index is 5.93. The van der Waals surface area contributed by atoms with Crippen molar-refractivity contribution < 1.29 is 18.9 Å². The van der Waals surface area contributed by atoms with Crippen LogP contribution in [0.2, 0.25) is 0 Å². The molecule has 28 heavy (non-hydrogen) atoms. The Bertz CT molecular complexity index is 1120. The molecule has 0 saturated carbocycles. The SMILES string of the molecule is Brc1sc(-c2sc(-c3sc(Br)c4c3OCCO4)c3c2N=S=N3)c2c1OCCO2. The van der Waals surface area contributed by atoms with E-state index in [2.05, 4.69) is 40.6 Å². The van der Waals surface area contributed by atoms with E-state index in [0.29, 0.717) is 26.4 Å². The molecule has 0 fully saturated rings. The van der Waals surface area contributed by atoms with Crippen LogP contribution in [0.25, 0.3) is 19.5 Å². The van der Waals surface area contributed by atoms with Gasteiger partial charge in [0.1, 0.15) is 45.4 Å². The molecule has 3 aromatic rings. The van der Waals surface area contributed by atoms with E-state index < -0.39 is 0 Å². The van der Waals surface area contributed by atoms with E-state index in [0.717, 1.165) is 61.5 Å². The Kier molecular flexibility index (Phi) is 4.35. The topological polar surface area (TPSA) is 61.6 Å². The summed E-state index contributed by atoms with van der Waals surface area (Å²) in [5.74, 6) is 3.09. The highest BCUT2D eigenvalue weighted by Crippen LogP contribution is 2.63. The van der Waals surface area contributed by atoms with Crippen LogP contribution in [0.3, 0.4) is 0 Å². The maximum absolute atomic E-state index is 5.93. The van der Waals surface area contributed by atoms with Gasteiger partial charge in [0.2, 0.25) is 0 Å². The van der Waals surface area contributed by atoms with Crippen molar-refractivity contribution in [2.75, 3.05) is 26.4 Å². The molecule has 6 nitrogen and oxygen atoms in total. The van der Waals surface area contributed by atoms with Crippen LogP contribution >= 0.6 is 65.9 Å². The smallest absolute Gasteiger partial charge is 0.187 e. The first-order valence-corrected chi connectivity index (χ1v) is 12.9. The van der Waals surface area contributed by atoms with Crippen LogP contribution in [-0.2, 0) is 11.4 Å². The predicted molar refractivity (Wildman–Crippen MR) is 120 cm³/mol. The van der Waals surface area contributed by atoms with Crippen LogP contribution in [-0.4, -0.2) is 26.4 Å². The number of fused-ring (bicyclic) bond motifs is 3. The summed E-state index contributed by atoms with van der Waals surface area (Å²) in [4.78, 5) is 4.09. The minimum atomic E-state index is 0.538. The van der Waals surface area contributed by atoms with Crippen molar-refractivity contribution in [3.05, 3.63) is 7.57 Å². The largest absolute Gasteiger partial charge is 0.485 e. The van der Waals surface area contributed by atoms with Gasteiger partial charge in [-0.1, -0.05) is 0 Å². The molecule has 0 radical (unpaired) electrons. The van der Waals surface area contributed by atoms with Crippen LogP contribution in [0.15, 0.2) is 16.3 Å². The fourth-order valence-electron chi connectivity index (χ4n) is 3.12. The van der Waals surface area contributed by atoms with Gasteiger partial charge in [-0.3, -0.25) is 0 Å². The summed E-state index contributed by atoms with van der Waals surface area (Å²) >= 11 is 13.3. The van der Waals surface area contributed by atoms with Crippen molar-refractivity contribution in [3.8, 4) is 42.5 Å². The van der Waals surface area contributed by atoms with Crippen molar-refractivity contribution >= 4 is 88.6 Å². The maximum Gasteiger partial charge on any atom is 0.187 e. The lowest BCUT2D eigenvalue weighted by Crippen LogP contribution is -2.14. The van der Waals surface area contributed by atoms with E-state index in [1.54, 1.807) is 34.0 Å². The molecular formula is C16H8Br2N2O4S4. The van der Waals surface area contributed by atoms with Crippen molar-refractivity contribution in [1.29, 1.82) is 0 Å². The third-order valence-electron chi connectivity index (χ3n) is 4.25. The van der Waals surface area contributed by atoms with E-state index in [-0.39, 0.29) is 0 Å². The van der Waals surface area contributed by atoms with Gasteiger partial charge in [0.25, 0.3) is 0 Å². The van der Waals surface area contributed by atoms with Crippen LogP contribution in [0.1, 0.15) is 0 Å². The molecule has 3 aliphatic heterocycles. The Morgan fingerprint density at radius 2 is 1.00 bits per heavy atom. The second-order valence-corrected chi connectivity index (χ2v) is 12.1. The molecule has 0 N–H and O–H groups in total. The molecule has 0 spiro atoms. The van der Waals surface area contributed by atoms with Crippen LogP contribution in [0.4, 0.5) is 11.4 Å². The first-order chi connectivity index (χ1) is 13.7. The first kappa shape index (κ1) is 17.9. The molecule has 6 heterocycles. The summed E-state index contributed by atoms with van der Waals surface area (Å²) in [7, 11) is 0. The summed E-state index contributed by atoms with van der Waals surface area (Å²) in [6.07, 6.45) is 0. The number of nitrogens with zero attached hydrogens (tertiary/aromatic N) is 2. The zero-order valence-electron chi connectivity index (χ0n) is 13.7. The Labute approximate surface area is 191 Å². The normalized spacial score (nSPS) is 16.2. The minimum Gasteiger partial charge on any atom is -0.485 e. The summed E-state index contributed by atoms with van der Waals surface area (Å²) in [6.45, 7) is 2.18. The average molecular weight is 580 g/mol. The van der Waals surface area contributed by atoms with Gasteiger partial charge in [-0.25, -0.2) is 0 Å². The minimum absolute atomic E-state index is 0.538. The molecule has 0 aliphatic carbocycles. The Morgan fingerprint density at radius 1 is 0.571 bits per heavy atom. The highest BCUT2D eigenvalue weighted by Gasteiger charge is 2.33. The fourth-order valence-corrected chi connectivity index (χ4v) is 8.63. The third kappa shape index (κ3) is 2.58. The van der Waals surface area contributed by atoms with Gasteiger partial charge in [-0.05, 0) is 31.9 Å². The lowest BCUT2D eigenvalue weighted by atomic mass is 10.2. The van der Waals surface area contributed by atoms with E-state index in [4.69, 9.17) is 18.9 Å². The zero-order valence-corrected chi connectivity index (χ0v) is 20.2. The summed E-state index contributed by atoms with van der Waals surface area (Å²) < 4.78 is 34.4. The standard InChI is InChI=1S/C16H8Br2N2O4S4/c17-15-9-7(21-1-3-23-9)13(26-15)11-5-6(20-28-19-5)12(25-11)14-8-10(16(18)27-14)24-4-2-22-8/h1-4H2. The van der Waals surface area contributed by atoms with Gasteiger partial charge < -0.3 is 18.9 Å². The second kappa shape index (κ2) is 6.81. The van der Waals surface area contributed by atoms with Crippen LogP contribution in [0, 0.1) is 0 Å². The third-order valence-corrected chi connectivity index (χ3v) is 9.85. The summed E-state index contributed by atoms with van der Waals surface area (Å²) in [5, 5.41) is 0. The number of hydrogen-bond donors (Lipinski definition) is 0. The molecule has 0 saturated heterocycles. The molecule has 0 bridgehead atoms. The summed E-state index contributed by atoms with van der Waals surface area (Å²) in [5.41, 5.74) is 1.76. The van der Waals surface area contributed by atoms with Crippen LogP contribution in [0.5, 0.6) is 23.0 Å². The number of halogens is 2. The lowest BCUT2D eigenvalue weighted by Gasteiger charge is -2.16. The monoisotopic (exact) mass is 578 g/mol. The lowest BCUT2D eigenvalue weighted by molar-refractivity contribution is 0.173. The van der Waals surface area contributed by atoms with Crippen molar-refractivity contribution in [2.24, 2.45) is 8.73 Å². The quantitative estimate of drug-likeness (QED) is 0.256. The molecule has 12 heteroatoms. The number of thiophene rings is 3. The van der Waals surface area contributed by atoms with E-state index >= 15 is 0 Å². The number of rotatable bonds is 2. The molecule has 3 aromatic heterocycles. The fraction of sp³-hybridized carbons (Fsp3) is 0.250. The molecule has 0 amide bonds. The highest BCUT2D eigenvalue weighted by atomic mass is 79.9. The molecule has 144 valence electrons. The van der Waals surface area contributed by atoms with Gasteiger partial charge in [0.05, 0.1) is 30.9 Å². The first-order valence-electron chi connectivity index (χ1n) is 8.14. The number of hydrogen-bond acceptors (Lipinski definition) is 9. The number of ether oxygens (including phenoxy) is 4. The molecule has 6 rings (SSSR count). The van der Waals surface area contributed by atoms with Gasteiger partial charge in [0, 0.05) is 0 Å². The van der Waals surface area contributed by atoms with Crippen molar-refractivity contribution in [1.82, 2.24) is 0 Å². The highest BCUT2D eigenvalue weighted by molar-refractivity contribution is 9.11. The van der Waals surface area contributed by atoms with Crippen molar-refractivity contribution in [3.63, 3.8) is 0 Å². The second-order valence-electron chi connectivity index (χ2n) is 5.84. The van der Waals surface area contributed by atoms with E-state index in [9.17, 15) is 0 Å². The Morgan fingerprint density at radius 3 is 1.46 bits per heavy atom. The van der Waals surface area contributed by atoms with Gasteiger partial charge in [-0.2, -0.15) is 8.73 Å². The van der Waals surface area contributed by atoms with E-state index in [1.165, 1.54) is 11.4 Å². The predicted octanol–water partition coefficient (Wildman–Crippen LogP) is 7.00. The molecular weight excluding hydrogens is 572 g/mol. The average Bonchev–Trinajstić information content (AvgIpc) is 3.46. The Balaban J connectivity index is 1.56. The Hall–Kier alpha value is -0.920. The molecule has 0 aromatic carbocycles. The van der Waals surface area contributed by atoms with Gasteiger partial charge in [0.15, 0.2) is 23.0 Å². The molecule has 0 unspecified atom stereocenters. The molecule has 0 atom stereocenters. The van der Waals surface area contributed by atoms with Gasteiger partial charge >= 0.3 is 0 Å². The van der Waals surface area contributed by atoms with Gasteiger partial charge in [-0.15, -0.1) is 34.0 Å². The molecule has 3 aliphatic rings. The summed E-state index contributed by atoms with van der Waals surface area (Å²) in [6, 6.07) is 0. The zero-order chi connectivity index (χ0) is 18.8.